The van der Waals surface area contributed by atoms with E-state index in [0.717, 1.165) is 34.5 Å². The van der Waals surface area contributed by atoms with Crippen LogP contribution in [0.25, 0.3) is 11.1 Å². The van der Waals surface area contributed by atoms with Gasteiger partial charge in [0, 0.05) is 11.4 Å². The third-order valence-electron chi connectivity index (χ3n) is 4.23. The summed E-state index contributed by atoms with van der Waals surface area (Å²) in [5, 5.41) is 3.89. The van der Waals surface area contributed by atoms with Gasteiger partial charge in [-0.1, -0.05) is 36.0 Å². The van der Waals surface area contributed by atoms with Crippen molar-refractivity contribution in [1.29, 1.82) is 0 Å². The Balaban J connectivity index is 1.64. The second-order valence-electron chi connectivity index (χ2n) is 6.01. The molecule has 6 heteroatoms. The van der Waals surface area contributed by atoms with Crippen molar-refractivity contribution < 1.29 is 4.42 Å². The van der Waals surface area contributed by atoms with Gasteiger partial charge in [0.2, 0.25) is 0 Å². The summed E-state index contributed by atoms with van der Waals surface area (Å²) in [5.41, 5.74) is 9.30. The van der Waals surface area contributed by atoms with Crippen molar-refractivity contribution in [3.63, 3.8) is 0 Å². The van der Waals surface area contributed by atoms with E-state index in [4.69, 9.17) is 10.2 Å². The van der Waals surface area contributed by atoms with Crippen LogP contribution in [0, 0.1) is 0 Å². The highest BCUT2D eigenvalue weighted by molar-refractivity contribution is 8.13. The molecule has 0 bridgehead atoms. The molecule has 1 aliphatic heterocycles. The molecule has 24 heavy (non-hydrogen) atoms. The van der Waals surface area contributed by atoms with Crippen LogP contribution in [0.1, 0.15) is 18.9 Å². The Kier molecular flexibility index (Phi) is 3.69. The molecule has 122 valence electrons. The first kappa shape index (κ1) is 15.1. The van der Waals surface area contributed by atoms with Crippen molar-refractivity contribution in [2.45, 2.75) is 18.9 Å². The number of thioether (sulfide) groups is 1. The van der Waals surface area contributed by atoms with Gasteiger partial charge in [0.15, 0.2) is 10.8 Å². The molecule has 3 N–H and O–H groups in total. The number of nitrogens with two attached hydrogens (primary N) is 1. The van der Waals surface area contributed by atoms with Crippen LogP contribution in [0.2, 0.25) is 0 Å². The van der Waals surface area contributed by atoms with E-state index in [-0.39, 0.29) is 5.54 Å². The van der Waals surface area contributed by atoms with Crippen LogP contribution in [-0.4, -0.2) is 15.9 Å². The first-order valence-corrected chi connectivity index (χ1v) is 8.82. The molecule has 5 nitrogen and oxygen atoms in total. The van der Waals surface area contributed by atoms with E-state index in [1.165, 1.54) is 0 Å². The van der Waals surface area contributed by atoms with Gasteiger partial charge in [-0.25, -0.2) is 0 Å². The fourth-order valence-electron chi connectivity index (χ4n) is 2.88. The van der Waals surface area contributed by atoms with Gasteiger partial charge in [0.05, 0.1) is 5.54 Å². The van der Waals surface area contributed by atoms with Crippen LogP contribution >= 0.6 is 11.8 Å². The average molecular weight is 338 g/mol. The molecule has 2 heterocycles. The van der Waals surface area contributed by atoms with E-state index in [1.807, 2.05) is 36.4 Å². The molecule has 0 amide bonds. The van der Waals surface area contributed by atoms with Gasteiger partial charge in [0.25, 0.3) is 6.01 Å². The van der Waals surface area contributed by atoms with Gasteiger partial charge < -0.3 is 15.5 Å². The number of hydrogen-bond acceptors (Lipinski definition) is 6. The zero-order chi connectivity index (χ0) is 16.6. The molecule has 2 aromatic carbocycles. The molecule has 1 unspecified atom stereocenters. The number of amidine groups is 1. The van der Waals surface area contributed by atoms with Gasteiger partial charge in [-0.05, 0) is 43.2 Å². The van der Waals surface area contributed by atoms with Gasteiger partial charge in [0.1, 0.15) is 5.52 Å². The minimum atomic E-state index is -0.283. The predicted molar refractivity (Wildman–Crippen MR) is 99.8 cm³/mol. The zero-order valence-corrected chi connectivity index (χ0v) is 14.1. The van der Waals surface area contributed by atoms with Gasteiger partial charge in [-0.2, -0.15) is 4.98 Å². The third kappa shape index (κ3) is 2.85. The lowest BCUT2D eigenvalue weighted by Crippen LogP contribution is -2.28. The molecule has 1 aliphatic rings. The van der Waals surface area contributed by atoms with E-state index < -0.39 is 0 Å². The smallest absolute Gasteiger partial charge is 0.300 e. The molecule has 1 atom stereocenters. The number of anilines is 2. The maximum Gasteiger partial charge on any atom is 0.300 e. The number of nitrogens with one attached hydrogen (secondary N) is 1. The SMILES string of the molecule is CC1(c2cccc(Nc3nc4ccccc4o3)c2)CCSC(N)=N1. The second-order valence-corrected chi connectivity index (χ2v) is 7.13. The topological polar surface area (TPSA) is 76.4 Å². The number of nitrogens with zero attached hydrogens (tertiary/aromatic N) is 2. The largest absolute Gasteiger partial charge is 0.423 e. The van der Waals surface area contributed by atoms with Crippen LogP contribution in [0.4, 0.5) is 11.7 Å². The van der Waals surface area contributed by atoms with Crippen molar-refractivity contribution in [2.75, 3.05) is 11.1 Å². The molecule has 0 radical (unpaired) electrons. The number of benzene rings is 2. The quantitative estimate of drug-likeness (QED) is 0.747. The fraction of sp³-hybridized carbons (Fsp3) is 0.222. The number of aliphatic imine (C=N–C) groups is 1. The summed E-state index contributed by atoms with van der Waals surface area (Å²) in [6.45, 7) is 2.12. The first-order chi connectivity index (χ1) is 11.6. The van der Waals surface area contributed by atoms with E-state index in [1.54, 1.807) is 11.8 Å². The van der Waals surface area contributed by atoms with E-state index in [0.29, 0.717) is 11.2 Å². The summed E-state index contributed by atoms with van der Waals surface area (Å²) in [6, 6.07) is 16.4. The Labute approximate surface area is 144 Å². The third-order valence-corrected chi connectivity index (χ3v) is 5.02. The number of hydrogen-bond donors (Lipinski definition) is 2. The van der Waals surface area contributed by atoms with E-state index >= 15 is 0 Å². The van der Waals surface area contributed by atoms with Gasteiger partial charge in [-0.15, -0.1) is 0 Å². The lowest BCUT2D eigenvalue weighted by atomic mass is 9.89. The Morgan fingerprint density at radius 2 is 2.08 bits per heavy atom. The molecule has 0 aliphatic carbocycles. The summed E-state index contributed by atoms with van der Waals surface area (Å²) < 4.78 is 5.73. The van der Waals surface area contributed by atoms with Crippen molar-refractivity contribution in [3.8, 4) is 0 Å². The predicted octanol–water partition coefficient (Wildman–Crippen LogP) is 4.24. The standard InChI is InChI=1S/C18H18N4OS/c1-18(9-10-24-16(19)22-18)12-5-4-6-13(11-12)20-17-21-14-7-2-3-8-15(14)23-17/h2-8,11H,9-10H2,1H3,(H2,19,22)(H,20,21). The maximum absolute atomic E-state index is 5.92. The summed E-state index contributed by atoms with van der Waals surface area (Å²) >= 11 is 1.61. The fourth-order valence-corrected chi connectivity index (χ4v) is 3.85. The summed E-state index contributed by atoms with van der Waals surface area (Å²) in [6.07, 6.45) is 0.963. The number of aromatic nitrogens is 1. The normalized spacial score (nSPS) is 20.8. The summed E-state index contributed by atoms with van der Waals surface area (Å²) in [4.78, 5) is 9.11. The summed E-state index contributed by atoms with van der Waals surface area (Å²) in [5.74, 6) is 0.981. The highest BCUT2D eigenvalue weighted by atomic mass is 32.2. The highest BCUT2D eigenvalue weighted by Crippen LogP contribution is 2.36. The Morgan fingerprint density at radius 3 is 2.92 bits per heavy atom. The average Bonchev–Trinajstić information content (AvgIpc) is 2.97. The van der Waals surface area contributed by atoms with Crippen LogP contribution in [0.3, 0.4) is 0 Å². The number of oxazole rings is 1. The molecule has 0 spiro atoms. The van der Waals surface area contributed by atoms with Crippen LogP contribution < -0.4 is 11.1 Å². The molecule has 0 saturated heterocycles. The van der Waals surface area contributed by atoms with E-state index in [9.17, 15) is 0 Å². The highest BCUT2D eigenvalue weighted by Gasteiger charge is 2.29. The van der Waals surface area contributed by atoms with Crippen LogP contribution in [0.5, 0.6) is 0 Å². The van der Waals surface area contributed by atoms with Crippen LogP contribution in [-0.2, 0) is 5.54 Å². The van der Waals surface area contributed by atoms with Crippen molar-refractivity contribution in [3.05, 3.63) is 54.1 Å². The monoisotopic (exact) mass is 338 g/mol. The van der Waals surface area contributed by atoms with Crippen LogP contribution in [0.15, 0.2) is 57.9 Å². The number of para-hydroxylation sites is 2. The maximum atomic E-state index is 5.92. The molecule has 1 aromatic heterocycles. The van der Waals surface area contributed by atoms with Crippen molar-refractivity contribution in [2.24, 2.45) is 10.7 Å². The Hall–Kier alpha value is -2.47. The minimum absolute atomic E-state index is 0.283. The second kappa shape index (κ2) is 5.87. The lowest BCUT2D eigenvalue weighted by molar-refractivity contribution is 0.482. The first-order valence-electron chi connectivity index (χ1n) is 7.84. The molecule has 4 rings (SSSR count). The van der Waals surface area contributed by atoms with E-state index in [2.05, 4.69) is 34.3 Å². The Bertz CT molecular complexity index is 887. The molecule has 0 fully saturated rings. The lowest BCUT2D eigenvalue weighted by Gasteiger charge is -2.30. The molecule has 3 aromatic rings. The molecular formula is C18H18N4OS. The van der Waals surface area contributed by atoms with Crippen molar-refractivity contribution >= 4 is 39.7 Å². The Morgan fingerprint density at radius 1 is 1.21 bits per heavy atom. The summed E-state index contributed by atoms with van der Waals surface area (Å²) in [7, 11) is 0. The van der Waals surface area contributed by atoms with Gasteiger partial charge >= 0.3 is 0 Å². The van der Waals surface area contributed by atoms with Gasteiger partial charge in [-0.3, -0.25) is 4.99 Å². The van der Waals surface area contributed by atoms with Crippen molar-refractivity contribution in [1.82, 2.24) is 4.98 Å². The number of fused-ring (bicyclic) bond motifs is 1. The zero-order valence-electron chi connectivity index (χ0n) is 13.3. The minimum Gasteiger partial charge on any atom is -0.423 e. The molecule has 0 saturated carbocycles. The molecular weight excluding hydrogens is 320 g/mol. The number of rotatable bonds is 3.